The summed E-state index contributed by atoms with van der Waals surface area (Å²) in [5, 5.41) is 13.6. The number of hydrogen-bond donors (Lipinski definition) is 2. The number of ether oxygens (including phenoxy) is 1. The summed E-state index contributed by atoms with van der Waals surface area (Å²) in [6.07, 6.45) is 6.18. The molecule has 9 heterocycles. The van der Waals surface area contributed by atoms with Gasteiger partial charge in [-0.05, 0) is 75.6 Å². The number of anilines is 3. The third-order valence-electron chi connectivity index (χ3n) is 15.0. The maximum Gasteiger partial charge on any atom is 0.329 e. The van der Waals surface area contributed by atoms with Gasteiger partial charge >= 0.3 is 5.69 Å². The Morgan fingerprint density at radius 1 is 0.985 bits per heavy atom. The van der Waals surface area contributed by atoms with E-state index in [1.54, 1.807) is 22.5 Å². The van der Waals surface area contributed by atoms with Crippen LogP contribution in [0.5, 0.6) is 0 Å². The monoisotopic (exact) mass is 913 g/mol. The number of piperazine rings is 1. The number of piperidine rings is 2. The van der Waals surface area contributed by atoms with Crippen molar-refractivity contribution in [3.05, 3.63) is 64.6 Å². The lowest BCUT2D eigenvalue weighted by Gasteiger charge is -2.45. The predicted octanol–water partition coefficient (Wildman–Crippen LogP) is 3.69. The lowest BCUT2D eigenvalue weighted by molar-refractivity contribution is -0.135. The first kappa shape index (κ1) is 42.8. The minimum absolute atomic E-state index is 0.0362. The SMILES string of the molecule is Cn1c(=O)n(C2CCC(=O)NC2=O)c2cccc(N3CCN([C@@H]4CCN(CC5CCC(n6cc(NC(=O)c7cnn8ccc(N9C[C@H]%10C[C@@H]9CO%10)nc78)c(C(F)F)n6)CC5)C[C@@H]4F)CC3)c21. The fourth-order valence-electron chi connectivity index (χ4n) is 11.6. The van der Waals surface area contributed by atoms with E-state index in [-0.39, 0.29) is 59.9 Å². The van der Waals surface area contributed by atoms with Crippen LogP contribution in [0.25, 0.3) is 16.7 Å². The molecule has 6 aliphatic rings. The summed E-state index contributed by atoms with van der Waals surface area (Å²) in [5.74, 6) is -0.329. The molecule has 5 aliphatic heterocycles. The van der Waals surface area contributed by atoms with Crippen molar-refractivity contribution >= 4 is 51.6 Å². The van der Waals surface area contributed by atoms with Gasteiger partial charge in [0.25, 0.3) is 12.3 Å². The highest BCUT2D eigenvalue weighted by Gasteiger charge is 2.41. The molecule has 1 aromatic carbocycles. The van der Waals surface area contributed by atoms with E-state index >= 15 is 4.39 Å². The van der Waals surface area contributed by atoms with Gasteiger partial charge in [-0.25, -0.2) is 27.5 Å². The number of amides is 3. The number of hydrogen-bond acceptors (Lipinski definition) is 12. The van der Waals surface area contributed by atoms with Crippen molar-refractivity contribution in [2.75, 3.05) is 74.1 Å². The van der Waals surface area contributed by atoms with E-state index in [1.807, 2.05) is 24.3 Å². The Kier molecular flexibility index (Phi) is 11.1. The van der Waals surface area contributed by atoms with E-state index in [2.05, 4.69) is 40.4 Å². The van der Waals surface area contributed by atoms with Gasteiger partial charge in [0.1, 0.15) is 23.6 Å². The number of imidazole rings is 1. The second-order valence-corrected chi connectivity index (χ2v) is 18.9. The zero-order valence-electron chi connectivity index (χ0n) is 36.8. The zero-order valence-corrected chi connectivity index (χ0v) is 36.8. The Morgan fingerprint density at radius 2 is 1.80 bits per heavy atom. The molecule has 1 aliphatic carbocycles. The van der Waals surface area contributed by atoms with Crippen LogP contribution in [0.3, 0.4) is 0 Å². The van der Waals surface area contributed by atoms with E-state index in [0.29, 0.717) is 56.4 Å². The minimum Gasteiger partial charge on any atom is -0.374 e. The fraction of sp³-hybridized carbons (Fsp3) is 0.578. The summed E-state index contributed by atoms with van der Waals surface area (Å²) >= 11 is 0. The van der Waals surface area contributed by atoms with Crippen LogP contribution >= 0.6 is 0 Å². The van der Waals surface area contributed by atoms with Crippen molar-refractivity contribution in [2.45, 2.75) is 94.2 Å². The number of carbonyl (C=O) groups excluding carboxylic acids is 3. The number of nitrogens with one attached hydrogen (secondary N) is 2. The first-order valence-electron chi connectivity index (χ1n) is 23.3. The topological polar surface area (TPSA) is 172 Å². The summed E-state index contributed by atoms with van der Waals surface area (Å²) in [4.78, 5) is 65.2. The van der Waals surface area contributed by atoms with Gasteiger partial charge in [0, 0.05) is 77.7 Å². The van der Waals surface area contributed by atoms with Crippen molar-refractivity contribution in [1.82, 2.24) is 48.6 Å². The van der Waals surface area contributed by atoms with Crippen LogP contribution in [0.1, 0.15) is 85.9 Å². The standard InChI is InChI=1S/C45H54F3N13O5/c1-54-40-34(3-2-4-35(40)61(45(54)65)36-9-10-38(62)52-44(36)64)57-17-15-56(16-18-57)33-11-13-55(23-31(33)46)21-26-5-7-27(8-6-26)60-24-32(39(53-60)41(47)48)50-43(63)30-20-49-59-14-12-37(51-42(30)59)58-22-29-19-28(58)25-66-29/h2-4,12,14,20,24,26-29,31,33,36,41H,5-11,13,15-19,21-23,25H2,1H3,(H,50,63)(H,52,62,64)/t26?,27?,28-,29-,31+,33-,36?/m1/s1. The Balaban J connectivity index is 0.673. The number of aryl methyl sites for hydroxylation is 1. The highest BCUT2D eigenvalue weighted by atomic mass is 19.3. The zero-order chi connectivity index (χ0) is 45.4. The Morgan fingerprint density at radius 3 is 2.53 bits per heavy atom. The molecule has 350 valence electrons. The van der Waals surface area contributed by atoms with Gasteiger partial charge in [0.2, 0.25) is 11.8 Å². The van der Waals surface area contributed by atoms with E-state index in [1.165, 1.54) is 21.5 Å². The van der Waals surface area contributed by atoms with Crippen LogP contribution in [-0.2, 0) is 21.4 Å². The fourth-order valence-corrected chi connectivity index (χ4v) is 11.6. The van der Waals surface area contributed by atoms with Crippen LogP contribution in [0, 0.1) is 5.92 Å². The molecule has 2 bridgehead atoms. The smallest absolute Gasteiger partial charge is 0.329 e. The van der Waals surface area contributed by atoms with Gasteiger partial charge in [-0.2, -0.15) is 10.2 Å². The minimum atomic E-state index is -2.89. The van der Waals surface area contributed by atoms with Crippen molar-refractivity contribution in [3.8, 4) is 0 Å². The number of carbonyl (C=O) groups is 3. The molecule has 21 heteroatoms. The van der Waals surface area contributed by atoms with E-state index in [9.17, 15) is 28.0 Å². The molecule has 2 N–H and O–H groups in total. The Hall–Kier alpha value is -5.80. The number of morpholine rings is 1. The van der Waals surface area contributed by atoms with Gasteiger partial charge < -0.3 is 24.8 Å². The average Bonchev–Trinajstić information content (AvgIpc) is 4.17. The number of alkyl halides is 3. The first-order chi connectivity index (χ1) is 32.0. The molecule has 5 atom stereocenters. The molecule has 0 spiro atoms. The summed E-state index contributed by atoms with van der Waals surface area (Å²) in [7, 11) is 1.70. The number of fused-ring (bicyclic) bond motifs is 4. The van der Waals surface area contributed by atoms with E-state index in [0.717, 1.165) is 75.2 Å². The molecule has 18 nitrogen and oxygen atoms in total. The summed E-state index contributed by atoms with van der Waals surface area (Å²) in [6.45, 7) is 5.95. The summed E-state index contributed by atoms with van der Waals surface area (Å²) < 4.78 is 56.6. The number of nitrogens with zero attached hydrogens (tertiary/aromatic N) is 11. The molecule has 6 fully saturated rings. The number of likely N-dealkylation sites (tertiary alicyclic amines) is 1. The second-order valence-electron chi connectivity index (χ2n) is 18.9. The van der Waals surface area contributed by atoms with Crippen LogP contribution < -0.4 is 26.1 Å². The molecular weight excluding hydrogens is 860 g/mol. The largest absolute Gasteiger partial charge is 0.374 e. The van der Waals surface area contributed by atoms with Gasteiger partial charge in [-0.15, -0.1) is 0 Å². The molecular formula is C45H54F3N13O5. The number of imide groups is 1. The molecule has 5 aromatic rings. The molecule has 0 radical (unpaired) electrons. The van der Waals surface area contributed by atoms with Gasteiger partial charge in [0.05, 0.1) is 53.4 Å². The maximum absolute atomic E-state index is 16.0. The maximum atomic E-state index is 16.0. The molecule has 11 rings (SSSR count). The Labute approximate surface area is 377 Å². The first-order valence-corrected chi connectivity index (χ1v) is 23.3. The van der Waals surface area contributed by atoms with Gasteiger partial charge in [-0.3, -0.25) is 38.4 Å². The Bertz CT molecular complexity index is 2740. The van der Waals surface area contributed by atoms with Crippen molar-refractivity contribution in [2.24, 2.45) is 13.0 Å². The van der Waals surface area contributed by atoms with Gasteiger partial charge in [0.15, 0.2) is 11.3 Å². The number of benzene rings is 1. The predicted molar refractivity (Wildman–Crippen MR) is 237 cm³/mol. The van der Waals surface area contributed by atoms with Crippen LogP contribution in [-0.4, -0.2) is 144 Å². The number of para-hydroxylation sites is 1. The van der Waals surface area contributed by atoms with E-state index < -0.39 is 36.1 Å². The van der Waals surface area contributed by atoms with Crippen LogP contribution in [0.2, 0.25) is 0 Å². The number of halogens is 3. The highest BCUT2D eigenvalue weighted by molar-refractivity contribution is 6.08. The second kappa shape index (κ2) is 17.1. The third-order valence-corrected chi connectivity index (χ3v) is 15.0. The lowest BCUT2D eigenvalue weighted by atomic mass is 9.85. The average molecular weight is 914 g/mol. The lowest BCUT2D eigenvalue weighted by Crippen LogP contribution is -2.58. The molecule has 3 amide bonds. The number of aromatic nitrogens is 7. The van der Waals surface area contributed by atoms with Gasteiger partial charge in [-0.1, -0.05) is 6.07 Å². The molecule has 1 unspecified atom stereocenters. The van der Waals surface area contributed by atoms with Crippen LogP contribution in [0.4, 0.5) is 30.4 Å². The quantitative estimate of drug-likeness (QED) is 0.195. The molecule has 66 heavy (non-hydrogen) atoms. The van der Waals surface area contributed by atoms with E-state index in [4.69, 9.17) is 9.72 Å². The summed E-state index contributed by atoms with van der Waals surface area (Å²) in [6, 6.07) is 6.74. The molecule has 1 saturated carbocycles. The normalized spacial score (nSPS) is 27.7. The molecule has 4 aromatic heterocycles. The summed E-state index contributed by atoms with van der Waals surface area (Å²) in [5.41, 5.74) is 1.95. The molecule has 5 saturated heterocycles. The van der Waals surface area contributed by atoms with Crippen LogP contribution in [0.15, 0.2) is 47.7 Å². The third kappa shape index (κ3) is 7.71. The van der Waals surface area contributed by atoms with Crippen molar-refractivity contribution < 1.29 is 32.3 Å². The van der Waals surface area contributed by atoms with Crippen molar-refractivity contribution in [3.63, 3.8) is 0 Å². The van der Waals surface area contributed by atoms with Crippen molar-refractivity contribution in [1.29, 1.82) is 0 Å². The number of rotatable bonds is 10. The highest BCUT2D eigenvalue weighted by Crippen LogP contribution is 2.37.